The Morgan fingerprint density at radius 2 is 1.75 bits per heavy atom. The molecule has 0 bridgehead atoms. The topological polar surface area (TPSA) is 26.0 Å². The third-order valence-corrected chi connectivity index (χ3v) is 4.40. The molecule has 1 aromatic rings. The van der Waals surface area contributed by atoms with Gasteiger partial charge in [0, 0.05) is 6.04 Å². The molecule has 0 radical (unpaired) electrons. The maximum Gasteiger partial charge on any atom is 0.419 e. The van der Waals surface area contributed by atoms with Crippen LogP contribution in [0.25, 0.3) is 0 Å². The lowest BCUT2D eigenvalue weighted by Gasteiger charge is -2.39. The number of rotatable bonds is 2. The maximum atomic E-state index is 13.6. The summed E-state index contributed by atoms with van der Waals surface area (Å²) in [7, 11) is 0. The Morgan fingerprint density at radius 1 is 1.15 bits per heavy atom. The SMILES string of the molecule is CC1(C(N)c2ccc(C(F)(F)F)c(F)c2)CCCCC1. The second-order valence-corrected chi connectivity index (χ2v) is 5.93. The molecule has 0 heterocycles. The van der Waals surface area contributed by atoms with Crippen LogP contribution in [0.3, 0.4) is 0 Å². The molecule has 1 unspecified atom stereocenters. The average molecular weight is 289 g/mol. The van der Waals surface area contributed by atoms with Crippen molar-refractivity contribution in [3.05, 3.63) is 35.1 Å². The molecule has 1 aliphatic carbocycles. The Morgan fingerprint density at radius 3 is 2.25 bits per heavy atom. The van der Waals surface area contributed by atoms with Crippen LogP contribution in [0, 0.1) is 11.2 Å². The van der Waals surface area contributed by atoms with E-state index in [1.807, 2.05) is 6.92 Å². The van der Waals surface area contributed by atoms with Crippen molar-refractivity contribution >= 4 is 0 Å². The highest BCUT2D eigenvalue weighted by atomic mass is 19.4. The van der Waals surface area contributed by atoms with Gasteiger partial charge in [-0.1, -0.05) is 32.3 Å². The van der Waals surface area contributed by atoms with Gasteiger partial charge >= 0.3 is 6.18 Å². The summed E-state index contributed by atoms with van der Waals surface area (Å²) >= 11 is 0. The Balaban J connectivity index is 2.27. The minimum absolute atomic E-state index is 0.162. The first-order chi connectivity index (χ1) is 9.24. The van der Waals surface area contributed by atoms with Gasteiger partial charge in [-0.3, -0.25) is 0 Å². The lowest BCUT2D eigenvalue weighted by molar-refractivity contribution is -0.140. The van der Waals surface area contributed by atoms with Gasteiger partial charge in [-0.2, -0.15) is 13.2 Å². The van der Waals surface area contributed by atoms with Crippen molar-refractivity contribution in [1.82, 2.24) is 0 Å². The first kappa shape index (κ1) is 15.3. The molecule has 0 aromatic heterocycles. The van der Waals surface area contributed by atoms with Gasteiger partial charge in [0.1, 0.15) is 5.82 Å². The molecule has 20 heavy (non-hydrogen) atoms. The monoisotopic (exact) mass is 289 g/mol. The predicted molar refractivity (Wildman–Crippen MR) is 69.5 cm³/mol. The lowest BCUT2D eigenvalue weighted by atomic mass is 9.69. The van der Waals surface area contributed by atoms with Crippen molar-refractivity contribution < 1.29 is 17.6 Å². The molecule has 2 rings (SSSR count). The van der Waals surface area contributed by atoms with Crippen LogP contribution in [0.5, 0.6) is 0 Å². The summed E-state index contributed by atoms with van der Waals surface area (Å²) < 4.78 is 51.2. The van der Waals surface area contributed by atoms with Crippen LogP contribution in [-0.4, -0.2) is 0 Å². The van der Waals surface area contributed by atoms with Crippen molar-refractivity contribution in [3.63, 3.8) is 0 Å². The molecule has 112 valence electrons. The van der Waals surface area contributed by atoms with Gasteiger partial charge in [-0.15, -0.1) is 0 Å². The maximum absolute atomic E-state index is 13.6. The van der Waals surface area contributed by atoms with Gasteiger partial charge < -0.3 is 5.73 Å². The van der Waals surface area contributed by atoms with E-state index >= 15 is 0 Å². The molecule has 2 N–H and O–H groups in total. The molecule has 1 fully saturated rings. The van der Waals surface area contributed by atoms with E-state index < -0.39 is 23.6 Å². The third-order valence-electron chi connectivity index (χ3n) is 4.40. The highest BCUT2D eigenvalue weighted by molar-refractivity contribution is 5.29. The van der Waals surface area contributed by atoms with Crippen LogP contribution >= 0.6 is 0 Å². The van der Waals surface area contributed by atoms with Crippen molar-refractivity contribution in [2.45, 2.75) is 51.2 Å². The number of benzene rings is 1. The van der Waals surface area contributed by atoms with E-state index in [4.69, 9.17) is 5.73 Å². The second-order valence-electron chi connectivity index (χ2n) is 5.93. The van der Waals surface area contributed by atoms with Crippen LogP contribution in [-0.2, 0) is 6.18 Å². The second kappa shape index (κ2) is 5.35. The van der Waals surface area contributed by atoms with Crippen molar-refractivity contribution in [2.75, 3.05) is 0 Å². The number of alkyl halides is 3. The van der Waals surface area contributed by atoms with Gasteiger partial charge in [0.2, 0.25) is 0 Å². The van der Waals surface area contributed by atoms with E-state index in [9.17, 15) is 17.6 Å². The zero-order valence-electron chi connectivity index (χ0n) is 11.4. The number of hydrogen-bond donors (Lipinski definition) is 1. The molecule has 1 aromatic carbocycles. The van der Waals surface area contributed by atoms with E-state index in [0.717, 1.165) is 44.2 Å². The van der Waals surface area contributed by atoms with E-state index in [1.54, 1.807) is 0 Å². The molecule has 0 aliphatic heterocycles. The van der Waals surface area contributed by atoms with Crippen molar-refractivity contribution in [2.24, 2.45) is 11.1 Å². The fourth-order valence-corrected chi connectivity index (χ4v) is 3.03. The molecule has 1 saturated carbocycles. The smallest absolute Gasteiger partial charge is 0.323 e. The van der Waals surface area contributed by atoms with Crippen molar-refractivity contribution in [3.8, 4) is 0 Å². The van der Waals surface area contributed by atoms with Crippen LogP contribution in [0.2, 0.25) is 0 Å². The highest BCUT2D eigenvalue weighted by Crippen LogP contribution is 2.45. The molecule has 1 aliphatic rings. The predicted octanol–water partition coefficient (Wildman–Crippen LogP) is 4.81. The molecular weight excluding hydrogens is 270 g/mol. The Bertz CT molecular complexity index is 475. The first-order valence-electron chi connectivity index (χ1n) is 6.86. The molecule has 1 nitrogen and oxygen atoms in total. The Kier molecular flexibility index (Phi) is 4.09. The van der Waals surface area contributed by atoms with Gasteiger partial charge in [-0.25, -0.2) is 4.39 Å². The quantitative estimate of drug-likeness (QED) is 0.776. The summed E-state index contributed by atoms with van der Waals surface area (Å²) in [4.78, 5) is 0. The summed E-state index contributed by atoms with van der Waals surface area (Å²) in [6, 6.07) is 2.60. The zero-order valence-corrected chi connectivity index (χ0v) is 11.4. The lowest BCUT2D eigenvalue weighted by Crippen LogP contribution is -2.34. The zero-order chi connectivity index (χ0) is 15.0. The Labute approximate surface area is 116 Å². The molecule has 0 spiro atoms. The summed E-state index contributed by atoms with van der Waals surface area (Å²) in [5, 5.41) is 0. The van der Waals surface area contributed by atoms with E-state index in [2.05, 4.69) is 0 Å². The minimum atomic E-state index is -4.67. The number of nitrogens with two attached hydrogens (primary N) is 1. The molecule has 0 amide bonds. The first-order valence-corrected chi connectivity index (χ1v) is 6.86. The van der Waals surface area contributed by atoms with E-state index in [0.29, 0.717) is 5.56 Å². The summed E-state index contributed by atoms with van der Waals surface area (Å²) in [5.41, 5.74) is 5.23. The standard InChI is InChI=1S/C15H19F4N/c1-14(7-3-2-4-8-14)13(20)10-5-6-11(12(16)9-10)15(17,18)19/h5-6,9,13H,2-4,7-8,20H2,1H3. The fraction of sp³-hybridized carbons (Fsp3) is 0.600. The average Bonchev–Trinajstić information content (AvgIpc) is 2.37. The van der Waals surface area contributed by atoms with E-state index in [-0.39, 0.29) is 5.41 Å². The van der Waals surface area contributed by atoms with Crippen LogP contribution < -0.4 is 5.73 Å². The fourth-order valence-electron chi connectivity index (χ4n) is 3.03. The molecule has 1 atom stereocenters. The normalized spacial score (nSPS) is 20.7. The van der Waals surface area contributed by atoms with Gasteiger partial charge in [-0.05, 0) is 36.0 Å². The molecule has 5 heteroatoms. The number of hydrogen-bond acceptors (Lipinski definition) is 1. The van der Waals surface area contributed by atoms with Gasteiger partial charge in [0.25, 0.3) is 0 Å². The molecular formula is C15H19F4N. The van der Waals surface area contributed by atoms with Crippen LogP contribution in [0.1, 0.15) is 56.2 Å². The summed E-state index contributed by atoms with van der Waals surface area (Å²) in [5.74, 6) is -1.25. The third kappa shape index (κ3) is 2.97. The number of halogens is 4. The van der Waals surface area contributed by atoms with Crippen LogP contribution in [0.4, 0.5) is 17.6 Å². The Hall–Kier alpha value is -1.10. The largest absolute Gasteiger partial charge is 0.419 e. The van der Waals surface area contributed by atoms with Gasteiger partial charge in [0.15, 0.2) is 0 Å². The summed E-state index contributed by atoms with van der Waals surface area (Å²) in [6.45, 7) is 2.03. The highest BCUT2D eigenvalue weighted by Gasteiger charge is 2.37. The van der Waals surface area contributed by atoms with E-state index in [1.165, 1.54) is 6.07 Å². The van der Waals surface area contributed by atoms with Crippen LogP contribution in [0.15, 0.2) is 18.2 Å². The molecule has 0 saturated heterocycles. The minimum Gasteiger partial charge on any atom is -0.323 e. The van der Waals surface area contributed by atoms with Crippen molar-refractivity contribution in [1.29, 1.82) is 0 Å². The summed E-state index contributed by atoms with van der Waals surface area (Å²) in [6.07, 6.45) is 0.472. The van der Waals surface area contributed by atoms with Gasteiger partial charge in [0.05, 0.1) is 5.56 Å².